The summed E-state index contributed by atoms with van der Waals surface area (Å²) >= 11 is 0. The van der Waals surface area contributed by atoms with Crippen LogP contribution in [0.25, 0.3) is 45.0 Å². The average Bonchev–Trinajstić information content (AvgIpc) is 1.63. The Morgan fingerprint density at radius 3 is 1.11 bits per heavy atom. The Labute approximate surface area is 794 Å². The molecule has 0 radical (unpaired) electrons. The molecule has 0 saturated carbocycles. The minimum Gasteiger partial charge on any atom is -0.384 e. The number of piperidine rings is 1. The van der Waals surface area contributed by atoms with Crippen LogP contribution >= 0.6 is 0 Å². The lowest BCUT2D eigenvalue weighted by Gasteiger charge is -2.33. The van der Waals surface area contributed by atoms with Crippen molar-refractivity contribution in [3.8, 4) is 51.1 Å². The van der Waals surface area contributed by atoms with Gasteiger partial charge in [0.2, 0.25) is 0 Å². The summed E-state index contributed by atoms with van der Waals surface area (Å²) in [5.74, 6) is 4.55. The van der Waals surface area contributed by atoms with Gasteiger partial charge in [-0.2, -0.15) is 5.26 Å². The summed E-state index contributed by atoms with van der Waals surface area (Å²) in [6, 6.07) is 94.1. The molecular formula is C116H121N15O4. The number of carbonyl (C=O) groups excluding carboxylic acids is 4. The number of hydrogen-bond acceptors (Lipinski definition) is 12. The van der Waals surface area contributed by atoms with Crippen molar-refractivity contribution in [2.45, 2.75) is 160 Å². The van der Waals surface area contributed by atoms with E-state index in [4.69, 9.17) is 25.7 Å². The van der Waals surface area contributed by atoms with Crippen LogP contribution in [0, 0.1) is 71.1 Å². The van der Waals surface area contributed by atoms with Crippen LogP contribution < -0.4 is 25.8 Å². The third kappa shape index (κ3) is 20.7. The van der Waals surface area contributed by atoms with Crippen molar-refractivity contribution in [3.05, 3.63) is 391 Å². The van der Waals surface area contributed by atoms with Crippen LogP contribution in [0.4, 0.5) is 22.7 Å². The lowest BCUT2D eigenvalue weighted by atomic mass is 9.87. The van der Waals surface area contributed by atoms with Gasteiger partial charge in [-0.3, -0.25) is 19.2 Å². The van der Waals surface area contributed by atoms with E-state index in [-0.39, 0.29) is 23.6 Å². The number of ketones is 1. The van der Waals surface area contributed by atoms with E-state index in [1.807, 2.05) is 145 Å². The van der Waals surface area contributed by atoms with E-state index in [1.54, 1.807) is 18.2 Å². The maximum atomic E-state index is 14.1. The Balaban J connectivity index is 0.000000129. The molecule has 0 spiro atoms. The van der Waals surface area contributed by atoms with Crippen molar-refractivity contribution in [2.24, 2.45) is 17.1 Å². The quantitative estimate of drug-likeness (QED) is 0.0821. The second kappa shape index (κ2) is 41.4. The number of nitrogens with one attached hydrogen (secondary N) is 1. The Bertz CT molecular complexity index is 6860. The molecule has 19 heteroatoms. The smallest absolute Gasteiger partial charge is 0.258 e. The molecule has 5 aliphatic rings. The Hall–Kier alpha value is -14.5. The van der Waals surface area contributed by atoms with Gasteiger partial charge in [-0.05, 0) is 216 Å². The number of aromatic nitrogens is 8. The number of carbonyl (C=O) groups is 4. The molecule has 1 saturated heterocycles. The molecule has 0 aliphatic carbocycles. The number of Topliss-reactive ketones (excluding diaryl/α,β-unsaturated/α-hetero) is 1. The third-order valence-electron chi connectivity index (χ3n) is 27.2. The summed E-state index contributed by atoms with van der Waals surface area (Å²) in [5, 5.41) is 12.8. The second-order valence-corrected chi connectivity index (χ2v) is 37.5. The van der Waals surface area contributed by atoms with Crippen molar-refractivity contribution in [2.75, 3.05) is 65.8 Å². The van der Waals surface area contributed by atoms with Crippen LogP contribution in [-0.2, 0) is 69.6 Å². The Kier molecular flexibility index (Phi) is 28.3. The van der Waals surface area contributed by atoms with E-state index in [0.29, 0.717) is 85.3 Å². The lowest BCUT2D eigenvalue weighted by molar-refractivity contribution is -0.124. The number of hydrogen-bond donors (Lipinski definition) is 2. The molecular weight excluding hydrogens is 1670 g/mol. The highest BCUT2D eigenvalue weighted by Gasteiger charge is 2.35. The van der Waals surface area contributed by atoms with Crippen LogP contribution in [0.1, 0.15) is 179 Å². The van der Waals surface area contributed by atoms with Gasteiger partial charge < -0.3 is 48.9 Å². The summed E-state index contributed by atoms with van der Waals surface area (Å²) in [6.07, 6.45) is 7.46. The summed E-state index contributed by atoms with van der Waals surface area (Å²) in [4.78, 5) is 82.4. The molecule has 9 heterocycles. The van der Waals surface area contributed by atoms with Crippen LogP contribution in [-0.4, -0.2) is 112 Å². The molecule has 684 valence electrons. The van der Waals surface area contributed by atoms with Gasteiger partial charge in [-0.25, -0.2) is 19.9 Å². The molecule has 15 aromatic rings. The standard InChI is InChI=1S/C41H50N4O2.C28H28N4O.C28H24N4O.C19H19N3/c1-29-27-34(16-15-32(29)17-18-38(46)33-19-23-43(24-20-33)26-22-41(3,4)5)40(47)44-25-21-36-39(35-13-9-10-14-37(35)44)45(30(2)42-36)28-31-11-7-6-8-12-31;2*1-19-16-22(12-13-23(19)17-29)28(33)31-15-14-25-27(24-10-6-7-11-26(24)31)32(20(2)30-25)18-21-8-4-3-5-9-21;1-14-21-18-11-12-20-17-10-6-5-9-16(17)19(18)22(14)13-15-7-3-2-4-8-15/h6-16,27,33H,17-26,28H2,1-5H3;3-13,16H,14-15,17-18,29H2,1-2H3;3-13,16H,14-15,18H2,1-2H3;2-10,20H,11-13H2,1H3. The Morgan fingerprint density at radius 2 is 0.741 bits per heavy atom. The topological polar surface area (TPSA) is 214 Å². The molecule has 0 unspecified atom stereocenters. The number of nitrogens with zero attached hydrogens (tertiary/aromatic N) is 13. The number of rotatable bonds is 18. The number of amides is 3. The van der Waals surface area contributed by atoms with Crippen LogP contribution in [0.15, 0.2) is 273 Å². The van der Waals surface area contributed by atoms with E-state index >= 15 is 0 Å². The molecule has 4 aromatic heterocycles. The summed E-state index contributed by atoms with van der Waals surface area (Å²) in [6.45, 7) is 30.4. The number of para-hydroxylation sites is 4. The molecule has 1 fully saturated rings. The summed E-state index contributed by atoms with van der Waals surface area (Å²) in [7, 11) is 0. The molecule has 3 amide bonds. The van der Waals surface area contributed by atoms with Gasteiger partial charge in [0.25, 0.3) is 17.7 Å². The zero-order valence-electron chi connectivity index (χ0n) is 79.4. The van der Waals surface area contributed by atoms with Gasteiger partial charge in [0.15, 0.2) is 0 Å². The van der Waals surface area contributed by atoms with Crippen LogP contribution in [0.3, 0.4) is 0 Å². The largest absolute Gasteiger partial charge is 0.384 e. The molecule has 19 nitrogen and oxygen atoms in total. The third-order valence-corrected chi connectivity index (χ3v) is 27.2. The zero-order chi connectivity index (χ0) is 94.0. The zero-order valence-corrected chi connectivity index (χ0v) is 79.4. The average molecular weight is 1790 g/mol. The first-order chi connectivity index (χ1) is 65.5. The number of anilines is 4. The number of imidazole rings is 4. The fourth-order valence-corrected chi connectivity index (χ4v) is 19.8. The number of benzene rings is 11. The maximum absolute atomic E-state index is 14.1. The van der Waals surface area contributed by atoms with E-state index < -0.39 is 0 Å². The number of aryl methyl sites for hydroxylation is 8. The summed E-state index contributed by atoms with van der Waals surface area (Å²) < 4.78 is 9.16. The first-order valence-electron chi connectivity index (χ1n) is 47.6. The molecule has 20 rings (SSSR count). The SMILES string of the molecule is Cc1cc(C(=O)N2CCc3nc(C)n(Cc4ccccc4)c3-c3ccccc32)ccc1C#N.Cc1cc(C(=O)N2CCc3nc(C)n(Cc4ccccc4)c3-c3ccccc32)ccc1CCC(=O)C1CCN(CCC(C)(C)C)CC1.Cc1cc(C(=O)N2CCc3nc(C)n(Cc4ccccc4)c3-c3ccccc32)ccc1CN.Cc1nc2c(n1Cc1ccccc1)-c1ccccc1NCC2. The van der Waals surface area contributed by atoms with E-state index in [1.165, 1.54) is 51.3 Å². The van der Waals surface area contributed by atoms with Crippen molar-refractivity contribution in [1.29, 1.82) is 5.26 Å². The normalized spacial score (nSPS) is 13.7. The minimum atomic E-state index is -0.0634. The van der Waals surface area contributed by atoms with Crippen molar-refractivity contribution in [1.82, 2.24) is 43.1 Å². The fraction of sp³-hybridized carbons (Fsp3) is 0.284. The highest BCUT2D eigenvalue weighted by molar-refractivity contribution is 6.11. The van der Waals surface area contributed by atoms with Crippen LogP contribution in [0.2, 0.25) is 0 Å². The first-order valence-corrected chi connectivity index (χ1v) is 47.6. The maximum Gasteiger partial charge on any atom is 0.258 e. The van der Waals surface area contributed by atoms with Crippen molar-refractivity contribution < 1.29 is 19.2 Å². The van der Waals surface area contributed by atoms with Crippen molar-refractivity contribution >= 4 is 46.3 Å². The molecule has 11 aromatic carbocycles. The number of fused-ring (bicyclic) bond motifs is 12. The first kappa shape index (κ1) is 92.4. The predicted octanol–water partition coefficient (Wildman–Crippen LogP) is 22.1. The van der Waals surface area contributed by atoms with E-state index in [2.05, 4.69) is 229 Å². The molecule has 5 aliphatic heterocycles. The minimum absolute atomic E-state index is 0.00196. The van der Waals surface area contributed by atoms with Gasteiger partial charge >= 0.3 is 0 Å². The van der Waals surface area contributed by atoms with Gasteiger partial charge in [0.05, 0.1) is 74.2 Å². The van der Waals surface area contributed by atoms with Gasteiger partial charge in [0.1, 0.15) is 29.1 Å². The van der Waals surface area contributed by atoms with E-state index in [9.17, 15) is 24.4 Å². The number of nitriles is 1. The number of nitrogens with two attached hydrogens (primary N) is 1. The monoisotopic (exact) mass is 1790 g/mol. The van der Waals surface area contributed by atoms with Gasteiger partial charge in [0, 0.05) is 142 Å². The van der Waals surface area contributed by atoms with E-state index in [0.717, 1.165) is 197 Å². The van der Waals surface area contributed by atoms with Crippen molar-refractivity contribution in [3.63, 3.8) is 0 Å². The lowest BCUT2D eigenvalue weighted by Crippen LogP contribution is -2.38. The van der Waals surface area contributed by atoms with Crippen LogP contribution in [0.5, 0.6) is 0 Å². The number of likely N-dealkylation sites (tertiary alicyclic amines) is 1. The Morgan fingerprint density at radius 1 is 0.400 bits per heavy atom. The summed E-state index contributed by atoms with van der Waals surface area (Å²) in [5.41, 5.74) is 35.9. The van der Waals surface area contributed by atoms with Gasteiger partial charge in [-0.1, -0.05) is 227 Å². The molecule has 135 heavy (non-hydrogen) atoms. The second-order valence-electron chi connectivity index (χ2n) is 37.5. The molecule has 0 atom stereocenters. The molecule has 3 N–H and O–H groups in total. The molecule has 0 bridgehead atoms. The highest BCUT2D eigenvalue weighted by atomic mass is 16.2. The van der Waals surface area contributed by atoms with Gasteiger partial charge in [-0.15, -0.1) is 0 Å². The fourth-order valence-electron chi connectivity index (χ4n) is 19.8. The highest BCUT2D eigenvalue weighted by Crippen LogP contribution is 2.44. The predicted molar refractivity (Wildman–Crippen MR) is 543 cm³/mol.